The van der Waals surface area contributed by atoms with Gasteiger partial charge in [0.15, 0.2) is 0 Å². The van der Waals surface area contributed by atoms with Crippen molar-refractivity contribution in [1.82, 2.24) is 9.88 Å². The molecule has 6 nitrogen and oxygen atoms in total. The van der Waals surface area contributed by atoms with Crippen LogP contribution in [0.25, 0.3) is 0 Å². The number of hydrogen-bond donors (Lipinski definition) is 2. The first-order valence-electron chi connectivity index (χ1n) is 7.49. The van der Waals surface area contributed by atoms with Gasteiger partial charge in [-0.25, -0.2) is 13.6 Å². The third kappa shape index (κ3) is 3.55. The SMILES string of the molecule is Cn1cc(S(N)(=O)=O)cc1C(=O)NC1CC(c2ccc(Br)cc2)C1. The molecule has 0 bridgehead atoms. The maximum absolute atomic E-state index is 12.3. The van der Waals surface area contributed by atoms with E-state index in [1.807, 2.05) is 12.1 Å². The van der Waals surface area contributed by atoms with Gasteiger partial charge in [-0.1, -0.05) is 28.1 Å². The van der Waals surface area contributed by atoms with Crippen LogP contribution in [-0.4, -0.2) is 24.9 Å². The van der Waals surface area contributed by atoms with Crippen molar-refractivity contribution in [2.75, 3.05) is 0 Å². The Hall–Kier alpha value is -1.64. The number of halogens is 1. The number of sulfonamides is 1. The van der Waals surface area contributed by atoms with Gasteiger partial charge in [-0.3, -0.25) is 4.79 Å². The van der Waals surface area contributed by atoms with E-state index in [4.69, 9.17) is 5.14 Å². The number of primary sulfonamides is 1. The molecule has 2 aromatic rings. The van der Waals surface area contributed by atoms with Crippen molar-refractivity contribution < 1.29 is 13.2 Å². The van der Waals surface area contributed by atoms with Gasteiger partial charge in [-0.15, -0.1) is 0 Å². The lowest BCUT2D eigenvalue weighted by Gasteiger charge is -2.36. The van der Waals surface area contributed by atoms with Gasteiger partial charge >= 0.3 is 0 Å². The molecule has 1 aliphatic carbocycles. The number of nitrogens with two attached hydrogens (primary N) is 1. The minimum Gasteiger partial charge on any atom is -0.348 e. The zero-order chi connectivity index (χ0) is 17.5. The Morgan fingerprint density at radius 2 is 1.92 bits per heavy atom. The zero-order valence-electron chi connectivity index (χ0n) is 13.1. The number of aryl methyl sites for hydroxylation is 1. The normalized spacial score (nSPS) is 20.5. The first kappa shape index (κ1) is 17.2. The lowest BCUT2D eigenvalue weighted by molar-refractivity contribution is 0.0900. The van der Waals surface area contributed by atoms with E-state index >= 15 is 0 Å². The number of benzene rings is 1. The molecule has 0 atom stereocenters. The van der Waals surface area contributed by atoms with E-state index in [0.29, 0.717) is 5.92 Å². The lowest BCUT2D eigenvalue weighted by Crippen LogP contribution is -2.43. The van der Waals surface area contributed by atoms with Crippen molar-refractivity contribution in [3.63, 3.8) is 0 Å². The van der Waals surface area contributed by atoms with Gasteiger partial charge in [-0.2, -0.15) is 0 Å². The molecule has 1 aromatic heterocycles. The molecule has 1 aliphatic rings. The second-order valence-corrected chi connectivity index (χ2v) is 8.58. The van der Waals surface area contributed by atoms with Gasteiger partial charge in [0.25, 0.3) is 5.91 Å². The van der Waals surface area contributed by atoms with E-state index in [1.165, 1.54) is 22.4 Å². The third-order valence-corrected chi connectivity index (χ3v) is 5.76. The Morgan fingerprint density at radius 1 is 1.29 bits per heavy atom. The summed E-state index contributed by atoms with van der Waals surface area (Å²) in [4.78, 5) is 12.3. The number of rotatable bonds is 4. The van der Waals surface area contributed by atoms with Crippen LogP contribution >= 0.6 is 15.9 Å². The number of hydrogen-bond acceptors (Lipinski definition) is 3. The van der Waals surface area contributed by atoms with Crippen LogP contribution in [0.3, 0.4) is 0 Å². The van der Waals surface area contributed by atoms with E-state index in [1.54, 1.807) is 7.05 Å². The predicted molar refractivity (Wildman–Crippen MR) is 94.2 cm³/mol. The van der Waals surface area contributed by atoms with E-state index < -0.39 is 10.0 Å². The molecule has 1 heterocycles. The highest BCUT2D eigenvalue weighted by Crippen LogP contribution is 2.37. The van der Waals surface area contributed by atoms with Crippen molar-refractivity contribution >= 4 is 31.9 Å². The monoisotopic (exact) mass is 411 g/mol. The van der Waals surface area contributed by atoms with Gasteiger partial charge in [0.1, 0.15) is 10.6 Å². The number of amides is 1. The van der Waals surface area contributed by atoms with Gasteiger partial charge in [0, 0.05) is 23.8 Å². The van der Waals surface area contributed by atoms with E-state index in [9.17, 15) is 13.2 Å². The van der Waals surface area contributed by atoms with Crippen LogP contribution < -0.4 is 10.5 Å². The molecule has 0 saturated heterocycles. The minimum atomic E-state index is -3.81. The Balaban J connectivity index is 1.61. The molecule has 1 amide bonds. The molecular weight excluding hydrogens is 394 g/mol. The fraction of sp³-hybridized carbons (Fsp3) is 0.312. The summed E-state index contributed by atoms with van der Waals surface area (Å²) in [6.45, 7) is 0. The molecule has 8 heteroatoms. The lowest BCUT2D eigenvalue weighted by atomic mass is 9.76. The third-order valence-electron chi connectivity index (χ3n) is 4.36. The topological polar surface area (TPSA) is 94.2 Å². The average Bonchev–Trinajstić information content (AvgIpc) is 2.86. The first-order valence-corrected chi connectivity index (χ1v) is 9.83. The summed E-state index contributed by atoms with van der Waals surface area (Å²) in [6.07, 6.45) is 3.09. The van der Waals surface area contributed by atoms with Gasteiger partial charge in [-0.05, 0) is 42.5 Å². The fourth-order valence-corrected chi connectivity index (χ4v) is 3.76. The van der Waals surface area contributed by atoms with Crippen LogP contribution in [0.4, 0.5) is 0 Å². The molecule has 1 fully saturated rings. The Labute approximate surface area is 149 Å². The van der Waals surface area contributed by atoms with Crippen molar-refractivity contribution in [3.05, 3.63) is 52.3 Å². The van der Waals surface area contributed by atoms with Crippen LogP contribution in [-0.2, 0) is 17.1 Å². The molecule has 0 spiro atoms. The molecule has 0 radical (unpaired) electrons. The second kappa shape index (κ2) is 6.34. The summed E-state index contributed by atoms with van der Waals surface area (Å²) in [5.41, 5.74) is 1.55. The first-order chi connectivity index (χ1) is 11.2. The highest BCUT2D eigenvalue weighted by atomic mass is 79.9. The van der Waals surface area contributed by atoms with Crippen LogP contribution in [0, 0.1) is 0 Å². The van der Waals surface area contributed by atoms with E-state index in [2.05, 4.69) is 33.4 Å². The Morgan fingerprint density at radius 3 is 2.46 bits per heavy atom. The molecule has 0 aliphatic heterocycles. The van der Waals surface area contributed by atoms with Crippen LogP contribution in [0.15, 0.2) is 45.9 Å². The maximum atomic E-state index is 12.3. The van der Waals surface area contributed by atoms with Gasteiger partial charge < -0.3 is 9.88 Å². The number of carbonyl (C=O) groups is 1. The molecule has 3 N–H and O–H groups in total. The van der Waals surface area contributed by atoms with Crippen LogP contribution in [0.2, 0.25) is 0 Å². The summed E-state index contributed by atoms with van der Waals surface area (Å²) < 4.78 is 25.2. The van der Waals surface area contributed by atoms with E-state index in [-0.39, 0.29) is 22.5 Å². The summed E-state index contributed by atoms with van der Waals surface area (Å²) in [5.74, 6) is 0.156. The number of nitrogens with one attached hydrogen (secondary N) is 1. The van der Waals surface area contributed by atoms with Gasteiger partial charge in [0.2, 0.25) is 10.0 Å². The molecule has 128 valence electrons. The maximum Gasteiger partial charge on any atom is 0.268 e. The summed E-state index contributed by atoms with van der Waals surface area (Å²) in [5, 5.41) is 8.04. The largest absolute Gasteiger partial charge is 0.348 e. The minimum absolute atomic E-state index is 0.0588. The van der Waals surface area contributed by atoms with Crippen molar-refractivity contribution in [1.29, 1.82) is 0 Å². The van der Waals surface area contributed by atoms with Crippen LogP contribution in [0.1, 0.15) is 34.8 Å². The molecule has 24 heavy (non-hydrogen) atoms. The fourth-order valence-electron chi connectivity index (χ4n) is 2.92. The predicted octanol–water partition coefficient (Wildman–Crippen LogP) is 2.11. The highest BCUT2D eigenvalue weighted by Gasteiger charge is 2.32. The molecule has 3 rings (SSSR count). The molecule has 1 saturated carbocycles. The molecule has 0 unspecified atom stereocenters. The standard InChI is InChI=1S/C16H18BrN3O3S/c1-20-9-14(24(18,22)23)8-15(20)16(21)19-13-6-11(7-13)10-2-4-12(17)5-3-10/h2-5,8-9,11,13H,6-7H2,1H3,(H,19,21)(H2,18,22,23). The number of nitrogens with zero attached hydrogens (tertiary/aromatic N) is 1. The second-order valence-electron chi connectivity index (χ2n) is 6.11. The van der Waals surface area contributed by atoms with Gasteiger partial charge in [0.05, 0.1) is 0 Å². The smallest absolute Gasteiger partial charge is 0.268 e. The van der Waals surface area contributed by atoms with E-state index in [0.717, 1.165) is 17.3 Å². The Kier molecular flexibility index (Phi) is 4.54. The quantitative estimate of drug-likeness (QED) is 0.806. The van der Waals surface area contributed by atoms with Crippen LogP contribution in [0.5, 0.6) is 0 Å². The number of carbonyl (C=O) groups excluding carboxylic acids is 1. The van der Waals surface area contributed by atoms with Crippen molar-refractivity contribution in [2.24, 2.45) is 12.2 Å². The van der Waals surface area contributed by atoms with Crippen molar-refractivity contribution in [2.45, 2.75) is 29.7 Å². The summed E-state index contributed by atoms with van der Waals surface area (Å²) in [6, 6.07) is 9.60. The average molecular weight is 412 g/mol. The zero-order valence-corrected chi connectivity index (χ0v) is 15.5. The highest BCUT2D eigenvalue weighted by molar-refractivity contribution is 9.10. The van der Waals surface area contributed by atoms with Crippen molar-refractivity contribution in [3.8, 4) is 0 Å². The molecular formula is C16H18BrN3O3S. The Bertz CT molecular complexity index is 868. The molecule has 1 aromatic carbocycles. The summed E-state index contributed by atoms with van der Waals surface area (Å²) in [7, 11) is -2.19. The number of aromatic nitrogens is 1. The summed E-state index contributed by atoms with van der Waals surface area (Å²) >= 11 is 3.42.